The van der Waals surface area contributed by atoms with Crippen LogP contribution in [-0.2, 0) is 10.0 Å². The van der Waals surface area contributed by atoms with Crippen LogP contribution in [0.2, 0.25) is 0 Å². The first kappa shape index (κ1) is 12.4. The smallest absolute Gasteiger partial charge is 0.229 e. The van der Waals surface area contributed by atoms with Gasteiger partial charge in [0, 0.05) is 5.69 Å². The molecular weight excluding hydrogens is 224 g/mol. The van der Waals surface area contributed by atoms with Crippen LogP contribution in [0, 0.1) is 19.3 Å². The molecule has 0 saturated heterocycles. The van der Waals surface area contributed by atoms with Gasteiger partial charge in [0.05, 0.1) is 18.5 Å². The summed E-state index contributed by atoms with van der Waals surface area (Å²) in [5.41, 5.74) is 2.29. The highest BCUT2D eigenvalue weighted by atomic mass is 32.2. The number of hydrogen-bond donors (Lipinski definition) is 2. The Balaban J connectivity index is 2.88. The topological polar surface area (TPSA) is 58.2 Å². The van der Waals surface area contributed by atoms with E-state index in [-0.39, 0.29) is 0 Å². The molecule has 0 saturated carbocycles. The van der Waals surface area contributed by atoms with Gasteiger partial charge in [0.15, 0.2) is 0 Å². The summed E-state index contributed by atoms with van der Waals surface area (Å²) in [6.45, 7) is 2.27. The number of anilines is 2. The van der Waals surface area contributed by atoms with E-state index in [0.717, 1.165) is 17.5 Å². The van der Waals surface area contributed by atoms with Gasteiger partial charge in [-0.1, -0.05) is 5.92 Å². The number of benzene rings is 1. The molecule has 0 atom stereocenters. The van der Waals surface area contributed by atoms with Crippen molar-refractivity contribution < 1.29 is 8.42 Å². The van der Waals surface area contributed by atoms with Crippen LogP contribution < -0.4 is 10.0 Å². The summed E-state index contributed by atoms with van der Waals surface area (Å²) < 4.78 is 24.5. The molecular formula is C11H14N2O2S. The molecule has 0 aliphatic heterocycles. The van der Waals surface area contributed by atoms with Gasteiger partial charge in [0.2, 0.25) is 10.0 Å². The van der Waals surface area contributed by atoms with Gasteiger partial charge < -0.3 is 5.32 Å². The third-order valence-corrected chi connectivity index (χ3v) is 2.51. The van der Waals surface area contributed by atoms with Gasteiger partial charge >= 0.3 is 0 Å². The zero-order valence-electron chi connectivity index (χ0n) is 9.24. The number of sulfonamides is 1. The lowest BCUT2D eigenvalue weighted by molar-refractivity contribution is 0.607. The van der Waals surface area contributed by atoms with Crippen molar-refractivity contribution in [2.45, 2.75) is 6.92 Å². The second kappa shape index (κ2) is 4.90. The molecule has 0 aliphatic rings. The van der Waals surface area contributed by atoms with Crippen LogP contribution >= 0.6 is 0 Å². The molecule has 86 valence electrons. The first-order valence-corrected chi connectivity index (χ1v) is 6.57. The lowest BCUT2D eigenvalue weighted by Gasteiger charge is -2.10. The number of nitrogens with one attached hydrogen (secondary N) is 2. The number of terminal acetylenes is 1. The van der Waals surface area contributed by atoms with Crippen LogP contribution in [-0.4, -0.2) is 21.2 Å². The standard InChI is InChI=1S/C11H14N2O2S/c1-4-7-12-10-5-6-11(9(2)8-10)13-16(3,14)15/h1,5-6,8,12-13H,7H2,2-3H3. The quantitative estimate of drug-likeness (QED) is 0.780. The van der Waals surface area contributed by atoms with E-state index >= 15 is 0 Å². The molecule has 0 spiro atoms. The van der Waals surface area contributed by atoms with E-state index in [1.165, 1.54) is 0 Å². The minimum Gasteiger partial charge on any atom is -0.374 e. The van der Waals surface area contributed by atoms with Crippen LogP contribution in [0.3, 0.4) is 0 Å². The molecule has 0 radical (unpaired) electrons. The molecule has 2 N–H and O–H groups in total. The average Bonchev–Trinajstić information content (AvgIpc) is 2.17. The summed E-state index contributed by atoms with van der Waals surface area (Å²) in [6.07, 6.45) is 6.25. The summed E-state index contributed by atoms with van der Waals surface area (Å²) in [4.78, 5) is 0. The molecule has 4 nitrogen and oxygen atoms in total. The molecule has 0 bridgehead atoms. The Morgan fingerprint density at radius 3 is 2.62 bits per heavy atom. The van der Waals surface area contributed by atoms with Gasteiger partial charge in [-0.25, -0.2) is 8.42 Å². The van der Waals surface area contributed by atoms with Crippen molar-refractivity contribution in [1.29, 1.82) is 0 Å². The highest BCUT2D eigenvalue weighted by Crippen LogP contribution is 2.20. The van der Waals surface area contributed by atoms with Crippen LogP contribution in [0.25, 0.3) is 0 Å². The summed E-state index contributed by atoms with van der Waals surface area (Å²) in [7, 11) is -3.23. The molecule has 1 aromatic rings. The van der Waals surface area contributed by atoms with Crippen molar-refractivity contribution >= 4 is 21.4 Å². The Labute approximate surface area is 96.1 Å². The molecule has 1 aromatic carbocycles. The maximum absolute atomic E-state index is 11.1. The molecule has 1 rings (SSSR count). The largest absolute Gasteiger partial charge is 0.374 e. The number of hydrogen-bond acceptors (Lipinski definition) is 3. The van der Waals surface area contributed by atoms with Gasteiger partial charge in [0.1, 0.15) is 0 Å². The van der Waals surface area contributed by atoms with Crippen molar-refractivity contribution in [2.24, 2.45) is 0 Å². The van der Waals surface area contributed by atoms with Gasteiger partial charge in [-0.2, -0.15) is 0 Å². The summed E-state index contributed by atoms with van der Waals surface area (Å²) >= 11 is 0. The van der Waals surface area contributed by atoms with Crippen LogP contribution in [0.15, 0.2) is 18.2 Å². The lowest BCUT2D eigenvalue weighted by atomic mass is 10.2. The van der Waals surface area contributed by atoms with E-state index < -0.39 is 10.0 Å². The Kier molecular flexibility index (Phi) is 3.80. The zero-order valence-corrected chi connectivity index (χ0v) is 10.1. The van der Waals surface area contributed by atoms with E-state index in [1.54, 1.807) is 12.1 Å². The second-order valence-corrected chi connectivity index (χ2v) is 5.21. The third kappa shape index (κ3) is 3.83. The molecule has 16 heavy (non-hydrogen) atoms. The van der Waals surface area contributed by atoms with E-state index in [1.807, 2.05) is 13.0 Å². The minimum absolute atomic E-state index is 0.443. The van der Waals surface area contributed by atoms with Crippen molar-refractivity contribution in [3.63, 3.8) is 0 Å². The van der Waals surface area contributed by atoms with E-state index in [2.05, 4.69) is 16.0 Å². The number of aryl methyl sites for hydroxylation is 1. The fourth-order valence-electron chi connectivity index (χ4n) is 1.24. The Morgan fingerprint density at radius 2 is 2.12 bits per heavy atom. The average molecular weight is 238 g/mol. The minimum atomic E-state index is -3.23. The fraction of sp³-hybridized carbons (Fsp3) is 0.273. The van der Waals surface area contributed by atoms with Gasteiger partial charge in [-0.15, -0.1) is 6.42 Å². The van der Waals surface area contributed by atoms with Crippen LogP contribution in [0.4, 0.5) is 11.4 Å². The molecule has 0 aliphatic carbocycles. The summed E-state index contributed by atoms with van der Waals surface area (Å²) in [5, 5.41) is 3.01. The maximum atomic E-state index is 11.1. The first-order valence-electron chi connectivity index (χ1n) is 4.68. The van der Waals surface area contributed by atoms with E-state index in [9.17, 15) is 8.42 Å². The SMILES string of the molecule is C#CCNc1ccc(NS(C)(=O)=O)c(C)c1. The van der Waals surface area contributed by atoms with Gasteiger partial charge in [-0.05, 0) is 30.7 Å². The number of rotatable bonds is 4. The van der Waals surface area contributed by atoms with Gasteiger partial charge in [0.25, 0.3) is 0 Å². The van der Waals surface area contributed by atoms with Crippen LogP contribution in [0.1, 0.15) is 5.56 Å². The summed E-state index contributed by atoms with van der Waals surface area (Å²) in [6, 6.07) is 5.32. The molecule has 0 unspecified atom stereocenters. The monoisotopic (exact) mass is 238 g/mol. The molecule has 0 amide bonds. The van der Waals surface area contributed by atoms with Gasteiger partial charge in [-0.3, -0.25) is 4.72 Å². The van der Waals surface area contributed by atoms with Crippen molar-refractivity contribution in [2.75, 3.05) is 22.8 Å². The highest BCUT2D eigenvalue weighted by molar-refractivity contribution is 7.92. The Hall–Kier alpha value is -1.67. The summed E-state index contributed by atoms with van der Waals surface area (Å²) in [5.74, 6) is 2.47. The predicted molar refractivity (Wildman–Crippen MR) is 67.0 cm³/mol. The van der Waals surface area contributed by atoms with E-state index in [4.69, 9.17) is 6.42 Å². The Bertz CT molecular complexity index is 515. The Morgan fingerprint density at radius 1 is 1.44 bits per heavy atom. The molecule has 0 aromatic heterocycles. The van der Waals surface area contributed by atoms with Crippen molar-refractivity contribution in [3.05, 3.63) is 23.8 Å². The third-order valence-electron chi connectivity index (χ3n) is 1.92. The highest BCUT2D eigenvalue weighted by Gasteiger charge is 2.04. The van der Waals surface area contributed by atoms with Crippen molar-refractivity contribution in [3.8, 4) is 12.3 Å². The predicted octanol–water partition coefficient (Wildman–Crippen LogP) is 1.41. The normalized spacial score (nSPS) is 10.6. The maximum Gasteiger partial charge on any atom is 0.229 e. The van der Waals surface area contributed by atoms with E-state index in [0.29, 0.717) is 12.2 Å². The first-order chi connectivity index (χ1) is 7.42. The molecule has 5 heteroatoms. The second-order valence-electron chi connectivity index (χ2n) is 3.46. The fourth-order valence-corrected chi connectivity index (χ4v) is 1.87. The van der Waals surface area contributed by atoms with Crippen molar-refractivity contribution in [1.82, 2.24) is 0 Å². The lowest BCUT2D eigenvalue weighted by Crippen LogP contribution is -2.10. The van der Waals surface area contributed by atoms with Crippen LogP contribution in [0.5, 0.6) is 0 Å². The molecule has 0 fully saturated rings. The zero-order chi connectivity index (χ0) is 12.2. The molecule has 0 heterocycles.